The number of ketones is 1. The van der Waals surface area contributed by atoms with Gasteiger partial charge < -0.3 is 14.8 Å². The molecular formula is C14H18FNO4. The molecular weight excluding hydrogens is 265 g/mol. The van der Waals surface area contributed by atoms with Crippen molar-refractivity contribution in [3.05, 3.63) is 29.6 Å². The van der Waals surface area contributed by atoms with Crippen molar-refractivity contribution in [2.45, 2.75) is 13.3 Å². The fourth-order valence-electron chi connectivity index (χ4n) is 1.52. The summed E-state index contributed by atoms with van der Waals surface area (Å²) in [6.07, 6.45) is 0.712. The molecule has 0 aromatic heterocycles. The predicted molar refractivity (Wildman–Crippen MR) is 71.4 cm³/mol. The summed E-state index contributed by atoms with van der Waals surface area (Å²) >= 11 is 0. The van der Waals surface area contributed by atoms with Crippen molar-refractivity contribution >= 4 is 11.7 Å². The highest BCUT2D eigenvalue weighted by atomic mass is 19.1. The Bertz CT molecular complexity index is 476. The van der Waals surface area contributed by atoms with Gasteiger partial charge in [-0.25, -0.2) is 4.39 Å². The summed E-state index contributed by atoms with van der Waals surface area (Å²) in [6, 6.07) is 3.89. The Balaban J connectivity index is 2.40. The van der Waals surface area contributed by atoms with Crippen molar-refractivity contribution in [1.82, 2.24) is 5.32 Å². The largest absolute Gasteiger partial charge is 0.484 e. The van der Waals surface area contributed by atoms with Crippen LogP contribution in [0.25, 0.3) is 0 Å². The average Bonchev–Trinajstić information content (AvgIpc) is 2.41. The van der Waals surface area contributed by atoms with E-state index in [9.17, 15) is 14.0 Å². The first-order valence-electron chi connectivity index (χ1n) is 6.23. The monoisotopic (exact) mass is 283 g/mol. The van der Waals surface area contributed by atoms with E-state index in [0.29, 0.717) is 19.6 Å². The first kappa shape index (κ1) is 16.1. The molecule has 0 saturated carbocycles. The Kier molecular flexibility index (Phi) is 6.66. The van der Waals surface area contributed by atoms with Crippen molar-refractivity contribution in [2.75, 3.05) is 26.9 Å². The third kappa shape index (κ3) is 5.36. The number of nitrogens with one attached hydrogen (secondary N) is 1. The van der Waals surface area contributed by atoms with Crippen LogP contribution in [-0.4, -0.2) is 38.6 Å². The fourth-order valence-corrected chi connectivity index (χ4v) is 1.52. The SMILES string of the molecule is COCCCNC(=O)COc1ccc(C(C)=O)c(F)c1. The minimum atomic E-state index is -0.657. The molecule has 1 rings (SSSR count). The molecule has 0 heterocycles. The molecule has 1 aromatic carbocycles. The summed E-state index contributed by atoms with van der Waals surface area (Å²) in [5, 5.41) is 2.64. The third-order valence-corrected chi connectivity index (χ3v) is 2.54. The molecule has 0 aliphatic heterocycles. The van der Waals surface area contributed by atoms with Crippen molar-refractivity contribution in [2.24, 2.45) is 0 Å². The van der Waals surface area contributed by atoms with E-state index in [1.54, 1.807) is 7.11 Å². The molecule has 0 radical (unpaired) electrons. The minimum absolute atomic E-state index is 0.00127. The highest BCUT2D eigenvalue weighted by Crippen LogP contribution is 2.16. The molecule has 6 heteroatoms. The van der Waals surface area contributed by atoms with Crippen molar-refractivity contribution in [3.8, 4) is 5.75 Å². The topological polar surface area (TPSA) is 64.6 Å². The number of carbonyl (C=O) groups excluding carboxylic acids is 2. The number of hydrogen-bond acceptors (Lipinski definition) is 4. The Labute approximate surface area is 117 Å². The average molecular weight is 283 g/mol. The van der Waals surface area contributed by atoms with Crippen LogP contribution in [0.5, 0.6) is 5.75 Å². The van der Waals surface area contributed by atoms with Gasteiger partial charge >= 0.3 is 0 Å². The van der Waals surface area contributed by atoms with Crippen molar-refractivity contribution in [3.63, 3.8) is 0 Å². The van der Waals surface area contributed by atoms with Crippen LogP contribution in [0.2, 0.25) is 0 Å². The fraction of sp³-hybridized carbons (Fsp3) is 0.429. The number of hydrogen-bond donors (Lipinski definition) is 1. The zero-order valence-corrected chi connectivity index (χ0v) is 11.6. The van der Waals surface area contributed by atoms with Gasteiger partial charge in [0.15, 0.2) is 12.4 Å². The molecule has 1 amide bonds. The molecule has 0 bridgehead atoms. The van der Waals surface area contributed by atoms with E-state index in [4.69, 9.17) is 9.47 Å². The number of ether oxygens (including phenoxy) is 2. The molecule has 110 valence electrons. The van der Waals surface area contributed by atoms with Crippen LogP contribution in [0.4, 0.5) is 4.39 Å². The Morgan fingerprint density at radius 2 is 2.10 bits per heavy atom. The zero-order valence-electron chi connectivity index (χ0n) is 11.6. The van der Waals surface area contributed by atoms with Gasteiger partial charge in [-0.05, 0) is 25.5 Å². The number of benzene rings is 1. The number of methoxy groups -OCH3 is 1. The summed E-state index contributed by atoms with van der Waals surface area (Å²) in [5.74, 6) is -1.10. The number of Topliss-reactive ketones (excluding diaryl/α,β-unsaturated/α-hetero) is 1. The summed E-state index contributed by atoms with van der Waals surface area (Å²) in [6.45, 7) is 2.14. The van der Waals surface area contributed by atoms with Crippen LogP contribution in [0.3, 0.4) is 0 Å². The molecule has 0 unspecified atom stereocenters. The predicted octanol–water partition coefficient (Wildman–Crippen LogP) is 1.56. The second kappa shape index (κ2) is 8.27. The van der Waals surface area contributed by atoms with Crippen LogP contribution in [0.1, 0.15) is 23.7 Å². The minimum Gasteiger partial charge on any atom is -0.484 e. The maximum atomic E-state index is 13.5. The summed E-state index contributed by atoms with van der Waals surface area (Å²) < 4.78 is 23.5. The molecule has 0 spiro atoms. The van der Waals surface area contributed by atoms with E-state index in [1.165, 1.54) is 19.1 Å². The Hall–Kier alpha value is -1.95. The number of rotatable bonds is 8. The molecule has 0 fully saturated rings. The van der Waals surface area contributed by atoms with Crippen molar-refractivity contribution < 1.29 is 23.5 Å². The van der Waals surface area contributed by atoms with Crippen LogP contribution < -0.4 is 10.1 Å². The smallest absolute Gasteiger partial charge is 0.257 e. The molecule has 0 aliphatic carbocycles. The van der Waals surface area contributed by atoms with Gasteiger partial charge in [-0.15, -0.1) is 0 Å². The van der Waals surface area contributed by atoms with Crippen LogP contribution >= 0.6 is 0 Å². The quantitative estimate of drug-likeness (QED) is 0.581. The second-order valence-electron chi connectivity index (χ2n) is 4.18. The highest BCUT2D eigenvalue weighted by molar-refractivity contribution is 5.94. The maximum Gasteiger partial charge on any atom is 0.257 e. The lowest BCUT2D eigenvalue weighted by atomic mass is 10.1. The lowest BCUT2D eigenvalue weighted by Gasteiger charge is -2.08. The number of halogens is 1. The van der Waals surface area contributed by atoms with Gasteiger partial charge in [0.25, 0.3) is 5.91 Å². The van der Waals surface area contributed by atoms with Gasteiger partial charge in [0.2, 0.25) is 0 Å². The van der Waals surface area contributed by atoms with Gasteiger partial charge in [-0.3, -0.25) is 9.59 Å². The van der Waals surface area contributed by atoms with Crippen LogP contribution in [0, 0.1) is 5.82 Å². The van der Waals surface area contributed by atoms with Crippen LogP contribution in [-0.2, 0) is 9.53 Å². The van der Waals surface area contributed by atoms with Gasteiger partial charge in [-0.1, -0.05) is 0 Å². The molecule has 20 heavy (non-hydrogen) atoms. The van der Waals surface area contributed by atoms with Crippen LogP contribution in [0.15, 0.2) is 18.2 Å². The van der Waals surface area contributed by atoms with E-state index in [0.717, 1.165) is 6.07 Å². The number of amides is 1. The first-order chi connectivity index (χ1) is 9.54. The second-order valence-corrected chi connectivity index (χ2v) is 4.18. The Morgan fingerprint density at radius 3 is 2.70 bits per heavy atom. The van der Waals surface area contributed by atoms with Gasteiger partial charge in [-0.2, -0.15) is 0 Å². The van der Waals surface area contributed by atoms with Gasteiger partial charge in [0.1, 0.15) is 11.6 Å². The number of carbonyl (C=O) groups is 2. The normalized spacial score (nSPS) is 10.2. The summed E-state index contributed by atoms with van der Waals surface area (Å²) in [7, 11) is 1.59. The first-order valence-corrected chi connectivity index (χ1v) is 6.23. The van der Waals surface area contributed by atoms with Gasteiger partial charge in [0, 0.05) is 26.3 Å². The third-order valence-electron chi connectivity index (χ3n) is 2.54. The Morgan fingerprint density at radius 1 is 1.35 bits per heavy atom. The summed E-state index contributed by atoms with van der Waals surface area (Å²) in [5.41, 5.74) is 0.00127. The molecule has 1 aromatic rings. The summed E-state index contributed by atoms with van der Waals surface area (Å²) in [4.78, 5) is 22.5. The molecule has 0 atom stereocenters. The maximum absolute atomic E-state index is 13.5. The highest BCUT2D eigenvalue weighted by Gasteiger charge is 2.09. The lowest BCUT2D eigenvalue weighted by Crippen LogP contribution is -2.30. The van der Waals surface area contributed by atoms with E-state index in [1.807, 2.05) is 0 Å². The zero-order chi connectivity index (χ0) is 15.0. The molecule has 0 saturated heterocycles. The standard InChI is InChI=1S/C14H18FNO4/c1-10(17)12-5-4-11(8-13(12)15)20-9-14(18)16-6-3-7-19-2/h4-5,8H,3,6-7,9H2,1-2H3,(H,16,18). The van der Waals surface area contributed by atoms with Gasteiger partial charge in [0.05, 0.1) is 5.56 Å². The molecule has 1 N–H and O–H groups in total. The van der Waals surface area contributed by atoms with E-state index in [-0.39, 0.29) is 29.6 Å². The van der Waals surface area contributed by atoms with Crippen molar-refractivity contribution in [1.29, 1.82) is 0 Å². The lowest BCUT2D eigenvalue weighted by molar-refractivity contribution is -0.123. The van der Waals surface area contributed by atoms with E-state index >= 15 is 0 Å². The molecule has 5 nitrogen and oxygen atoms in total. The van der Waals surface area contributed by atoms with E-state index < -0.39 is 5.82 Å². The molecule has 0 aliphatic rings. The van der Waals surface area contributed by atoms with E-state index in [2.05, 4.69) is 5.32 Å².